The second kappa shape index (κ2) is 6.12. The molecule has 6 heteroatoms. The first-order chi connectivity index (χ1) is 13.4. The lowest BCUT2D eigenvalue weighted by Gasteiger charge is -2.42. The molecule has 0 saturated carbocycles. The van der Waals surface area contributed by atoms with Crippen LogP contribution in [0.1, 0.15) is 25.0 Å². The molecular formula is C22H21NO5. The standard InChI is InChI=1S/C22H21NO5/c1-21(2)15-12-8-9-13-16(15)23-17(19(24)26-3)18(20(25)27-4)28-22(21,23)14-10-6-5-7-11-14/h5-13H,1-4H3. The van der Waals surface area contributed by atoms with Crippen molar-refractivity contribution in [1.29, 1.82) is 0 Å². The Hall–Kier alpha value is -3.28. The number of rotatable bonds is 3. The Bertz CT molecular complexity index is 995. The minimum absolute atomic E-state index is 0.0382. The lowest BCUT2D eigenvalue weighted by molar-refractivity contribution is -0.145. The zero-order valence-corrected chi connectivity index (χ0v) is 16.2. The van der Waals surface area contributed by atoms with E-state index >= 15 is 0 Å². The van der Waals surface area contributed by atoms with Crippen molar-refractivity contribution in [2.24, 2.45) is 0 Å². The van der Waals surface area contributed by atoms with Crippen LogP contribution in [-0.2, 0) is 34.9 Å². The molecule has 2 aliphatic rings. The Kier molecular flexibility index (Phi) is 3.96. The molecule has 0 bridgehead atoms. The number of benzene rings is 2. The molecule has 6 nitrogen and oxygen atoms in total. The molecule has 28 heavy (non-hydrogen) atoms. The van der Waals surface area contributed by atoms with Crippen molar-refractivity contribution < 1.29 is 23.8 Å². The van der Waals surface area contributed by atoms with Gasteiger partial charge in [0, 0.05) is 11.3 Å². The summed E-state index contributed by atoms with van der Waals surface area (Å²) in [4.78, 5) is 27.1. The highest BCUT2D eigenvalue weighted by molar-refractivity contribution is 6.04. The van der Waals surface area contributed by atoms with Gasteiger partial charge >= 0.3 is 11.9 Å². The van der Waals surface area contributed by atoms with Gasteiger partial charge in [-0.2, -0.15) is 0 Å². The summed E-state index contributed by atoms with van der Waals surface area (Å²) in [7, 11) is 2.53. The Morgan fingerprint density at radius 3 is 2.14 bits per heavy atom. The number of carbonyl (C=O) groups is 2. The summed E-state index contributed by atoms with van der Waals surface area (Å²) >= 11 is 0. The number of nitrogens with zero attached hydrogens (tertiary/aromatic N) is 1. The van der Waals surface area contributed by atoms with Crippen molar-refractivity contribution in [2.75, 3.05) is 19.1 Å². The molecule has 0 radical (unpaired) electrons. The van der Waals surface area contributed by atoms with Crippen molar-refractivity contribution in [1.82, 2.24) is 0 Å². The van der Waals surface area contributed by atoms with Crippen LogP contribution in [-0.4, -0.2) is 26.2 Å². The van der Waals surface area contributed by atoms with Crippen molar-refractivity contribution in [3.63, 3.8) is 0 Å². The number of esters is 2. The summed E-state index contributed by atoms with van der Waals surface area (Å²) in [6.45, 7) is 4.07. The smallest absolute Gasteiger partial charge is 0.375 e. The van der Waals surface area contributed by atoms with Crippen LogP contribution in [0.4, 0.5) is 5.69 Å². The summed E-state index contributed by atoms with van der Waals surface area (Å²) in [5, 5.41) is 0. The van der Waals surface area contributed by atoms with Crippen LogP contribution in [0.3, 0.4) is 0 Å². The van der Waals surface area contributed by atoms with E-state index in [1.807, 2.05) is 68.4 Å². The fraction of sp³-hybridized carbons (Fsp3) is 0.273. The SMILES string of the molecule is COC(=O)C1=C(C(=O)OC)N2c3ccccc3C(C)(C)C2(c2ccccc2)O1. The minimum atomic E-state index is -1.13. The molecule has 2 aromatic rings. The summed E-state index contributed by atoms with van der Waals surface area (Å²) in [6.07, 6.45) is 0. The van der Waals surface area contributed by atoms with Crippen LogP contribution in [0.2, 0.25) is 0 Å². The number of para-hydroxylation sites is 1. The first-order valence-corrected chi connectivity index (χ1v) is 8.95. The summed E-state index contributed by atoms with van der Waals surface area (Å²) < 4.78 is 16.3. The predicted molar refractivity (Wildman–Crippen MR) is 102 cm³/mol. The van der Waals surface area contributed by atoms with Crippen LogP contribution in [0, 0.1) is 0 Å². The van der Waals surface area contributed by atoms with Gasteiger partial charge in [0.15, 0.2) is 5.70 Å². The van der Waals surface area contributed by atoms with E-state index in [-0.39, 0.29) is 11.5 Å². The predicted octanol–water partition coefficient (Wildman–Crippen LogP) is 3.23. The molecule has 0 aromatic heterocycles. The Morgan fingerprint density at radius 1 is 0.893 bits per heavy atom. The lowest BCUT2D eigenvalue weighted by atomic mass is 9.74. The average molecular weight is 379 g/mol. The zero-order chi connectivity index (χ0) is 20.1. The summed E-state index contributed by atoms with van der Waals surface area (Å²) in [5.74, 6) is -1.54. The minimum Gasteiger partial charge on any atom is -0.464 e. The zero-order valence-electron chi connectivity index (χ0n) is 16.2. The molecule has 2 aromatic carbocycles. The molecular weight excluding hydrogens is 358 g/mol. The van der Waals surface area contributed by atoms with E-state index in [4.69, 9.17) is 14.2 Å². The number of ether oxygens (including phenoxy) is 3. The van der Waals surface area contributed by atoms with Gasteiger partial charge in [0.05, 0.1) is 19.6 Å². The molecule has 0 saturated heterocycles. The molecule has 0 spiro atoms. The van der Waals surface area contributed by atoms with E-state index in [1.165, 1.54) is 14.2 Å². The second-order valence-corrected chi connectivity index (χ2v) is 7.25. The van der Waals surface area contributed by atoms with Crippen LogP contribution >= 0.6 is 0 Å². The Balaban J connectivity index is 2.08. The van der Waals surface area contributed by atoms with Gasteiger partial charge in [-0.15, -0.1) is 0 Å². The van der Waals surface area contributed by atoms with E-state index in [0.29, 0.717) is 0 Å². The van der Waals surface area contributed by atoms with Gasteiger partial charge in [-0.1, -0.05) is 48.5 Å². The highest BCUT2D eigenvalue weighted by Gasteiger charge is 2.67. The Morgan fingerprint density at radius 2 is 1.50 bits per heavy atom. The molecule has 0 fully saturated rings. The maximum Gasteiger partial charge on any atom is 0.375 e. The molecule has 0 amide bonds. The van der Waals surface area contributed by atoms with Crippen LogP contribution in [0.25, 0.3) is 0 Å². The fourth-order valence-corrected chi connectivity index (χ4v) is 4.30. The van der Waals surface area contributed by atoms with Crippen LogP contribution in [0.5, 0.6) is 0 Å². The highest BCUT2D eigenvalue weighted by Crippen LogP contribution is 2.62. The van der Waals surface area contributed by atoms with Gasteiger partial charge in [0.1, 0.15) is 0 Å². The third-order valence-corrected chi connectivity index (χ3v) is 5.58. The largest absolute Gasteiger partial charge is 0.464 e. The first-order valence-electron chi connectivity index (χ1n) is 8.95. The third-order valence-electron chi connectivity index (χ3n) is 5.58. The molecule has 0 aliphatic carbocycles. The average Bonchev–Trinajstić information content (AvgIpc) is 3.19. The fourth-order valence-electron chi connectivity index (χ4n) is 4.30. The van der Waals surface area contributed by atoms with Gasteiger partial charge in [-0.25, -0.2) is 9.59 Å². The third kappa shape index (κ3) is 2.08. The second-order valence-electron chi connectivity index (χ2n) is 7.25. The number of fused-ring (bicyclic) bond motifs is 3. The van der Waals surface area contributed by atoms with E-state index in [2.05, 4.69) is 0 Å². The number of anilines is 1. The molecule has 1 atom stereocenters. The number of carbonyl (C=O) groups excluding carboxylic acids is 2. The van der Waals surface area contributed by atoms with E-state index in [9.17, 15) is 9.59 Å². The number of methoxy groups -OCH3 is 2. The van der Waals surface area contributed by atoms with Crippen molar-refractivity contribution in [2.45, 2.75) is 25.0 Å². The molecule has 2 aliphatic heterocycles. The van der Waals surface area contributed by atoms with Gasteiger partial charge in [0.25, 0.3) is 0 Å². The van der Waals surface area contributed by atoms with Crippen molar-refractivity contribution in [3.8, 4) is 0 Å². The van der Waals surface area contributed by atoms with E-state index < -0.39 is 23.1 Å². The van der Waals surface area contributed by atoms with Crippen LogP contribution in [0.15, 0.2) is 66.1 Å². The van der Waals surface area contributed by atoms with Gasteiger partial charge in [-0.05, 0) is 25.5 Å². The topological polar surface area (TPSA) is 65.1 Å². The van der Waals surface area contributed by atoms with Crippen molar-refractivity contribution >= 4 is 17.6 Å². The van der Waals surface area contributed by atoms with E-state index in [1.54, 1.807) is 4.90 Å². The maximum atomic E-state index is 12.8. The van der Waals surface area contributed by atoms with E-state index in [0.717, 1.165) is 16.8 Å². The van der Waals surface area contributed by atoms with Gasteiger partial charge in [0.2, 0.25) is 11.5 Å². The monoisotopic (exact) mass is 379 g/mol. The molecule has 1 unspecified atom stereocenters. The molecule has 144 valence electrons. The highest BCUT2D eigenvalue weighted by atomic mass is 16.6. The Labute approximate surface area is 163 Å². The molecule has 2 heterocycles. The molecule has 0 N–H and O–H groups in total. The maximum absolute atomic E-state index is 12.8. The quantitative estimate of drug-likeness (QED) is 0.763. The first kappa shape index (κ1) is 18.1. The number of hydrogen-bond acceptors (Lipinski definition) is 6. The summed E-state index contributed by atoms with van der Waals surface area (Å²) in [6, 6.07) is 17.3. The molecule has 4 rings (SSSR count). The van der Waals surface area contributed by atoms with Crippen molar-refractivity contribution in [3.05, 3.63) is 77.2 Å². The normalized spacial score (nSPS) is 21.6. The summed E-state index contributed by atoms with van der Waals surface area (Å²) in [5.41, 5.74) is 0.915. The lowest BCUT2D eigenvalue weighted by Crippen LogP contribution is -2.51. The van der Waals surface area contributed by atoms with Crippen LogP contribution < -0.4 is 4.90 Å². The van der Waals surface area contributed by atoms with Gasteiger partial charge in [-0.3, -0.25) is 4.90 Å². The van der Waals surface area contributed by atoms with Gasteiger partial charge < -0.3 is 14.2 Å². The number of hydrogen-bond donors (Lipinski definition) is 0.